The van der Waals surface area contributed by atoms with E-state index in [9.17, 15) is 18.0 Å². The van der Waals surface area contributed by atoms with E-state index in [-0.39, 0.29) is 29.5 Å². The molecule has 0 fully saturated rings. The highest BCUT2D eigenvalue weighted by atomic mass is 35.5. The highest BCUT2D eigenvalue weighted by Crippen LogP contribution is 2.27. The minimum atomic E-state index is -4.16. The summed E-state index contributed by atoms with van der Waals surface area (Å²) < 4.78 is 28.8. The molecule has 0 saturated carbocycles. The SMILES string of the molecule is CNC(=O)[C@H](Cc1ccccc1)N(Cc1cccc(C)c1)C(=O)CN(c1cccc(Cl)c1)S(=O)(=O)c1ccccc1. The summed E-state index contributed by atoms with van der Waals surface area (Å²) in [6.07, 6.45) is 0.251. The largest absolute Gasteiger partial charge is 0.357 e. The van der Waals surface area contributed by atoms with Crippen molar-refractivity contribution in [3.63, 3.8) is 0 Å². The fraction of sp³-hybridized carbons (Fsp3) is 0.188. The van der Waals surface area contributed by atoms with Gasteiger partial charge in [-0.1, -0.05) is 96.0 Å². The Morgan fingerprint density at radius 3 is 2.10 bits per heavy atom. The van der Waals surface area contributed by atoms with Crippen molar-refractivity contribution in [3.8, 4) is 0 Å². The first-order valence-electron chi connectivity index (χ1n) is 13.1. The predicted molar refractivity (Wildman–Crippen MR) is 162 cm³/mol. The van der Waals surface area contributed by atoms with Crippen LogP contribution in [0.3, 0.4) is 0 Å². The van der Waals surface area contributed by atoms with Gasteiger partial charge in [-0.05, 0) is 48.4 Å². The third-order valence-corrected chi connectivity index (χ3v) is 8.68. The Morgan fingerprint density at radius 1 is 0.829 bits per heavy atom. The fourth-order valence-corrected chi connectivity index (χ4v) is 6.22. The molecular weight excluding hydrogens is 558 g/mol. The van der Waals surface area contributed by atoms with Crippen LogP contribution in [0.15, 0.2) is 114 Å². The molecule has 0 bridgehead atoms. The monoisotopic (exact) mass is 589 g/mol. The molecule has 4 aromatic carbocycles. The lowest BCUT2D eigenvalue weighted by atomic mass is 10.0. The zero-order valence-corrected chi connectivity index (χ0v) is 24.5. The van der Waals surface area contributed by atoms with Crippen LogP contribution in [0.2, 0.25) is 5.02 Å². The lowest BCUT2D eigenvalue weighted by Crippen LogP contribution is -2.53. The van der Waals surface area contributed by atoms with Crippen LogP contribution in [0.1, 0.15) is 16.7 Å². The molecule has 0 aliphatic carbocycles. The molecule has 7 nitrogen and oxygen atoms in total. The lowest BCUT2D eigenvalue weighted by molar-refractivity contribution is -0.139. The van der Waals surface area contributed by atoms with E-state index in [1.807, 2.05) is 61.5 Å². The number of hydrogen-bond donors (Lipinski definition) is 1. The smallest absolute Gasteiger partial charge is 0.264 e. The molecule has 4 aromatic rings. The van der Waals surface area contributed by atoms with E-state index in [4.69, 9.17) is 11.6 Å². The number of nitrogens with zero attached hydrogens (tertiary/aromatic N) is 2. The van der Waals surface area contributed by atoms with Crippen LogP contribution in [-0.4, -0.2) is 44.8 Å². The molecule has 0 heterocycles. The van der Waals surface area contributed by atoms with Crippen LogP contribution >= 0.6 is 11.6 Å². The average molecular weight is 590 g/mol. The van der Waals surface area contributed by atoms with Gasteiger partial charge < -0.3 is 10.2 Å². The van der Waals surface area contributed by atoms with Gasteiger partial charge in [0.25, 0.3) is 10.0 Å². The quantitative estimate of drug-likeness (QED) is 0.260. The number of sulfonamides is 1. The number of likely N-dealkylation sites (N-methyl/N-ethyl adjacent to an activating group) is 1. The van der Waals surface area contributed by atoms with Crippen molar-refractivity contribution in [1.29, 1.82) is 0 Å². The van der Waals surface area contributed by atoms with Crippen LogP contribution in [0.4, 0.5) is 5.69 Å². The molecule has 0 saturated heterocycles. The number of anilines is 1. The first-order valence-corrected chi connectivity index (χ1v) is 14.9. The number of rotatable bonds is 11. The highest BCUT2D eigenvalue weighted by molar-refractivity contribution is 7.92. The van der Waals surface area contributed by atoms with E-state index in [0.717, 1.165) is 21.0 Å². The van der Waals surface area contributed by atoms with Crippen molar-refractivity contribution in [2.45, 2.75) is 30.8 Å². The molecule has 41 heavy (non-hydrogen) atoms. The fourth-order valence-electron chi connectivity index (χ4n) is 4.61. The summed E-state index contributed by atoms with van der Waals surface area (Å²) in [6.45, 7) is 1.52. The van der Waals surface area contributed by atoms with E-state index >= 15 is 0 Å². The van der Waals surface area contributed by atoms with Gasteiger partial charge in [-0.2, -0.15) is 0 Å². The molecule has 212 valence electrons. The summed E-state index contributed by atoms with van der Waals surface area (Å²) in [4.78, 5) is 29.0. The average Bonchev–Trinajstić information content (AvgIpc) is 2.98. The Morgan fingerprint density at radius 2 is 1.46 bits per heavy atom. The Bertz CT molecular complexity index is 1600. The molecule has 0 aliphatic rings. The van der Waals surface area contributed by atoms with Crippen molar-refractivity contribution >= 4 is 39.1 Å². The van der Waals surface area contributed by atoms with Crippen LogP contribution in [0, 0.1) is 6.92 Å². The molecule has 4 rings (SSSR count). The van der Waals surface area contributed by atoms with Gasteiger partial charge in [0, 0.05) is 25.0 Å². The zero-order valence-electron chi connectivity index (χ0n) is 22.9. The van der Waals surface area contributed by atoms with Crippen molar-refractivity contribution in [1.82, 2.24) is 10.2 Å². The Kier molecular flexibility index (Phi) is 9.81. The van der Waals surface area contributed by atoms with Crippen LogP contribution in [0.25, 0.3) is 0 Å². The zero-order chi connectivity index (χ0) is 29.4. The van der Waals surface area contributed by atoms with E-state index in [1.165, 1.54) is 30.1 Å². The maximum absolute atomic E-state index is 14.2. The second-order valence-corrected chi connectivity index (χ2v) is 11.9. The number of amides is 2. The Balaban J connectivity index is 1.78. The third kappa shape index (κ3) is 7.54. The predicted octanol–water partition coefficient (Wildman–Crippen LogP) is 5.23. The molecule has 2 amide bonds. The summed E-state index contributed by atoms with van der Waals surface area (Å²) in [5.74, 6) is -0.884. The molecule has 0 aliphatic heterocycles. The summed E-state index contributed by atoms with van der Waals surface area (Å²) in [5, 5.41) is 3.01. The van der Waals surface area contributed by atoms with Crippen molar-refractivity contribution in [2.24, 2.45) is 0 Å². The van der Waals surface area contributed by atoms with Gasteiger partial charge in [0.15, 0.2) is 0 Å². The maximum Gasteiger partial charge on any atom is 0.264 e. The molecule has 0 radical (unpaired) electrons. The summed E-state index contributed by atoms with van der Waals surface area (Å²) >= 11 is 6.24. The topological polar surface area (TPSA) is 86.8 Å². The van der Waals surface area contributed by atoms with Crippen LogP contribution in [0.5, 0.6) is 0 Å². The van der Waals surface area contributed by atoms with Gasteiger partial charge in [-0.3, -0.25) is 13.9 Å². The normalized spacial score (nSPS) is 11.9. The van der Waals surface area contributed by atoms with E-state index < -0.39 is 28.5 Å². The Labute approximate surface area is 246 Å². The van der Waals surface area contributed by atoms with Gasteiger partial charge in [0.2, 0.25) is 11.8 Å². The van der Waals surface area contributed by atoms with E-state index in [1.54, 1.807) is 36.4 Å². The summed E-state index contributed by atoms with van der Waals surface area (Å²) in [5.41, 5.74) is 2.93. The number of nitrogens with one attached hydrogen (secondary N) is 1. The second kappa shape index (κ2) is 13.5. The Hall–Kier alpha value is -4.14. The molecule has 0 aromatic heterocycles. The second-order valence-electron chi connectivity index (χ2n) is 9.64. The molecule has 1 atom stereocenters. The van der Waals surface area contributed by atoms with E-state index in [0.29, 0.717) is 5.02 Å². The number of carbonyl (C=O) groups is 2. The van der Waals surface area contributed by atoms with Gasteiger partial charge in [0.1, 0.15) is 12.6 Å². The van der Waals surface area contributed by atoms with Gasteiger partial charge in [0.05, 0.1) is 10.6 Å². The summed E-state index contributed by atoms with van der Waals surface area (Å²) in [7, 11) is -2.64. The summed E-state index contributed by atoms with van der Waals surface area (Å²) in [6, 6.07) is 30.4. The molecule has 0 spiro atoms. The van der Waals surface area contributed by atoms with E-state index in [2.05, 4.69) is 5.32 Å². The molecule has 0 unspecified atom stereocenters. The van der Waals surface area contributed by atoms with Gasteiger partial charge in [-0.15, -0.1) is 0 Å². The minimum absolute atomic E-state index is 0.0325. The first kappa shape index (κ1) is 29.8. The lowest BCUT2D eigenvalue weighted by Gasteiger charge is -2.33. The van der Waals surface area contributed by atoms with Crippen molar-refractivity contribution < 1.29 is 18.0 Å². The van der Waals surface area contributed by atoms with Crippen molar-refractivity contribution in [2.75, 3.05) is 17.9 Å². The number of carbonyl (C=O) groups excluding carboxylic acids is 2. The standard InChI is InChI=1S/C32H32ClN3O4S/c1-24-11-9-14-26(19-24)22-35(30(32(38)34-2)20-25-12-5-3-6-13-25)31(37)23-36(28-16-10-15-27(33)21-28)41(39,40)29-17-7-4-8-18-29/h3-19,21,30H,20,22-23H2,1-2H3,(H,34,38)/t30-/m0/s1. The molecular formula is C32H32ClN3O4S. The van der Waals surface area contributed by atoms with Gasteiger partial charge >= 0.3 is 0 Å². The minimum Gasteiger partial charge on any atom is -0.357 e. The van der Waals surface area contributed by atoms with Gasteiger partial charge in [-0.25, -0.2) is 8.42 Å². The first-order chi connectivity index (χ1) is 19.7. The number of aryl methyl sites for hydroxylation is 1. The van der Waals surface area contributed by atoms with Crippen LogP contribution in [-0.2, 0) is 32.6 Å². The van der Waals surface area contributed by atoms with Crippen LogP contribution < -0.4 is 9.62 Å². The van der Waals surface area contributed by atoms with Crippen molar-refractivity contribution in [3.05, 3.63) is 131 Å². The molecule has 1 N–H and O–H groups in total. The third-order valence-electron chi connectivity index (χ3n) is 6.66. The maximum atomic E-state index is 14.2. The highest BCUT2D eigenvalue weighted by Gasteiger charge is 2.34. The number of halogens is 1. The molecule has 9 heteroatoms. The number of benzene rings is 4. The number of hydrogen-bond acceptors (Lipinski definition) is 4.